The molecule has 0 spiro atoms. The molecule has 6 rings (SSSR count). The van der Waals surface area contributed by atoms with E-state index in [2.05, 4.69) is 15.5 Å². The Bertz CT molecular complexity index is 747. The van der Waals surface area contributed by atoms with Crippen LogP contribution in [0.4, 0.5) is 9.59 Å². The summed E-state index contributed by atoms with van der Waals surface area (Å²) in [6.45, 7) is 18.8. The largest absolute Gasteiger partial charge is 0.444 e. The van der Waals surface area contributed by atoms with Crippen molar-refractivity contribution in [2.24, 2.45) is 10.8 Å². The van der Waals surface area contributed by atoms with Crippen molar-refractivity contribution in [3.8, 4) is 0 Å². The molecule has 2 amide bonds. The van der Waals surface area contributed by atoms with Crippen LogP contribution in [0.3, 0.4) is 0 Å². The maximum Gasteiger partial charge on any atom is 0.408 e. The van der Waals surface area contributed by atoms with Crippen molar-refractivity contribution >= 4 is 12.2 Å². The van der Waals surface area contributed by atoms with Gasteiger partial charge in [-0.05, 0) is 80.1 Å². The van der Waals surface area contributed by atoms with Crippen molar-refractivity contribution in [3.05, 3.63) is 11.4 Å². The van der Waals surface area contributed by atoms with Crippen LogP contribution in [0.25, 0.3) is 4.85 Å². The van der Waals surface area contributed by atoms with Crippen molar-refractivity contribution in [2.45, 2.75) is 102 Å². The Morgan fingerprint density at radius 1 is 0.839 bits per heavy atom. The summed E-state index contributed by atoms with van der Waals surface area (Å²) in [5, 5.41) is 14.9. The Morgan fingerprint density at radius 2 is 1.19 bits per heavy atom. The predicted molar refractivity (Wildman–Crippen MR) is 115 cm³/mol. The zero-order valence-corrected chi connectivity index (χ0v) is 19.7. The summed E-state index contributed by atoms with van der Waals surface area (Å²) >= 11 is 0. The van der Waals surface area contributed by atoms with E-state index in [0.717, 1.165) is 38.5 Å². The lowest BCUT2D eigenvalue weighted by Crippen LogP contribution is -2.75. The molecule has 6 fully saturated rings. The van der Waals surface area contributed by atoms with Crippen molar-refractivity contribution in [3.63, 3.8) is 0 Å². The number of rotatable bonds is 4. The molecule has 0 aliphatic heterocycles. The molecular weight excluding hydrogens is 398 g/mol. The number of ether oxygens (including phenoxy) is 2. The van der Waals surface area contributed by atoms with Gasteiger partial charge in [0.25, 0.3) is 0 Å². The number of hydrogen-bond donors (Lipinski definition) is 3. The van der Waals surface area contributed by atoms with Crippen molar-refractivity contribution in [1.82, 2.24) is 10.6 Å². The lowest BCUT2D eigenvalue weighted by atomic mass is 9.39. The minimum Gasteiger partial charge on any atom is -0.444 e. The van der Waals surface area contributed by atoms with Gasteiger partial charge in [-0.3, -0.25) is 0 Å². The Labute approximate surface area is 185 Å². The van der Waals surface area contributed by atoms with Crippen LogP contribution in [0.1, 0.15) is 80.1 Å². The number of aliphatic hydroxyl groups excluding tert-OH is 1. The lowest BCUT2D eigenvalue weighted by Gasteiger charge is -2.69. The number of hydrogen-bond acceptors (Lipinski definition) is 5. The van der Waals surface area contributed by atoms with Crippen molar-refractivity contribution in [1.29, 1.82) is 0 Å². The topological polar surface area (TPSA) is 101 Å². The molecule has 8 heteroatoms. The highest BCUT2D eigenvalue weighted by molar-refractivity contribution is 5.70. The van der Waals surface area contributed by atoms with E-state index in [1.807, 2.05) is 41.5 Å². The maximum atomic E-state index is 11.6. The molecule has 3 N–H and O–H groups in total. The van der Waals surface area contributed by atoms with Gasteiger partial charge in [-0.25, -0.2) is 16.2 Å². The van der Waals surface area contributed by atoms with Gasteiger partial charge < -0.3 is 30.1 Å². The van der Waals surface area contributed by atoms with Crippen LogP contribution < -0.4 is 10.6 Å². The second-order valence-electron chi connectivity index (χ2n) is 12.3. The molecule has 0 atom stereocenters. The van der Waals surface area contributed by atoms with Gasteiger partial charge in [-0.1, -0.05) is 0 Å². The highest BCUT2D eigenvalue weighted by Crippen LogP contribution is 2.67. The molecule has 174 valence electrons. The van der Waals surface area contributed by atoms with Gasteiger partial charge in [0.15, 0.2) is 0 Å². The first-order valence-corrected chi connectivity index (χ1v) is 11.0. The van der Waals surface area contributed by atoms with Gasteiger partial charge in [-0.15, -0.1) is 0 Å². The van der Waals surface area contributed by atoms with Crippen molar-refractivity contribution in [2.75, 3.05) is 13.2 Å². The van der Waals surface area contributed by atoms with Crippen LogP contribution in [-0.4, -0.2) is 52.7 Å². The molecular formula is C23H37N3O5. The number of nitrogens with zero attached hydrogens (tertiary/aromatic N) is 1. The molecule has 31 heavy (non-hydrogen) atoms. The van der Waals surface area contributed by atoms with Crippen molar-refractivity contribution < 1.29 is 24.2 Å². The molecule has 6 saturated carbocycles. The highest BCUT2D eigenvalue weighted by Gasteiger charge is 2.71. The molecule has 6 aliphatic rings. The smallest absolute Gasteiger partial charge is 0.408 e. The lowest BCUT2D eigenvalue weighted by molar-refractivity contribution is -0.175. The summed E-state index contributed by atoms with van der Waals surface area (Å²) in [5.41, 5.74) is -0.659. The predicted octanol–water partition coefficient (Wildman–Crippen LogP) is 3.78. The van der Waals surface area contributed by atoms with Gasteiger partial charge in [0.2, 0.25) is 6.54 Å². The van der Waals surface area contributed by atoms with Crippen LogP contribution >= 0.6 is 0 Å². The van der Waals surface area contributed by atoms with E-state index in [1.54, 1.807) is 0 Å². The normalized spacial score (nSPS) is 36.5. The fraction of sp³-hybridized carbons (Fsp3) is 0.870. The molecule has 0 heterocycles. The molecule has 0 saturated heterocycles. The fourth-order valence-corrected chi connectivity index (χ4v) is 5.80. The standard InChI is InChI=1S/C12H18N2O2.C11H19NO3/c1-10(2,3)16-9(15)14-12-5-11(6-12,7-12)8-13-4;1-9(2,3)15-8(14)12-11-4-10(5-11,6-11)7-13/h5-8H2,1-3H3,(H,14,15);13H,4-7H2,1-3H3,(H,12,14). The SMILES string of the molecule is CC(C)(C)OC(=O)NC12CC(CO)(C1)C2.[C-]#[N+]CC12CC(NC(=O)OC(C)(C)C)(C1)C2. The van der Waals surface area contributed by atoms with E-state index >= 15 is 0 Å². The first-order valence-electron chi connectivity index (χ1n) is 11.0. The van der Waals surface area contributed by atoms with Gasteiger partial charge in [-0.2, -0.15) is 0 Å². The Balaban J connectivity index is 0.000000176. The number of nitrogens with one attached hydrogen (secondary N) is 2. The van der Waals surface area contributed by atoms with Gasteiger partial charge in [0.05, 0.1) is 0 Å². The summed E-state index contributed by atoms with van der Waals surface area (Å²) < 4.78 is 10.4. The average molecular weight is 436 g/mol. The summed E-state index contributed by atoms with van der Waals surface area (Å²) in [5.74, 6) is 0. The summed E-state index contributed by atoms with van der Waals surface area (Å²) in [6.07, 6.45) is 4.86. The molecule has 4 bridgehead atoms. The number of carbonyl (C=O) groups is 2. The third kappa shape index (κ3) is 5.08. The zero-order chi connectivity index (χ0) is 23.3. The van der Waals surface area contributed by atoms with Gasteiger partial charge in [0.1, 0.15) is 11.2 Å². The van der Waals surface area contributed by atoms with E-state index in [4.69, 9.17) is 21.2 Å². The molecule has 0 aromatic carbocycles. The Morgan fingerprint density at radius 3 is 1.48 bits per heavy atom. The third-order valence-corrected chi connectivity index (χ3v) is 6.56. The number of aliphatic hydroxyl groups is 1. The summed E-state index contributed by atoms with van der Waals surface area (Å²) in [6, 6.07) is 0. The van der Waals surface area contributed by atoms with E-state index in [9.17, 15) is 9.59 Å². The molecule has 0 unspecified atom stereocenters. The van der Waals surface area contributed by atoms with E-state index < -0.39 is 11.2 Å². The number of alkyl carbamates (subject to hydrolysis) is 2. The Hall–Kier alpha value is -2.01. The first kappa shape index (κ1) is 23.6. The first-order chi connectivity index (χ1) is 14.1. The van der Waals surface area contributed by atoms with Crippen LogP contribution in [0, 0.1) is 17.4 Å². The zero-order valence-electron chi connectivity index (χ0n) is 19.7. The van der Waals surface area contributed by atoms with E-state index in [1.165, 1.54) is 0 Å². The van der Waals surface area contributed by atoms with Crippen LogP contribution in [0.5, 0.6) is 0 Å². The van der Waals surface area contributed by atoms with E-state index in [0.29, 0.717) is 6.54 Å². The van der Waals surface area contributed by atoms with E-state index in [-0.39, 0.29) is 40.7 Å². The second-order valence-corrected chi connectivity index (χ2v) is 12.3. The molecule has 6 aliphatic carbocycles. The average Bonchev–Trinajstić information content (AvgIpc) is 2.43. The number of carbonyl (C=O) groups excluding carboxylic acids is 2. The molecule has 0 radical (unpaired) electrons. The van der Waals surface area contributed by atoms with Crippen LogP contribution in [-0.2, 0) is 9.47 Å². The highest BCUT2D eigenvalue weighted by atomic mass is 16.6. The van der Waals surface area contributed by atoms with Crippen LogP contribution in [0.15, 0.2) is 0 Å². The fourth-order valence-electron chi connectivity index (χ4n) is 5.80. The minimum atomic E-state index is -0.443. The molecule has 8 nitrogen and oxygen atoms in total. The maximum absolute atomic E-state index is 11.6. The quantitative estimate of drug-likeness (QED) is 0.584. The minimum absolute atomic E-state index is 0.0486. The monoisotopic (exact) mass is 435 g/mol. The molecule has 0 aromatic heterocycles. The van der Waals surface area contributed by atoms with Crippen LogP contribution in [0.2, 0.25) is 0 Å². The summed E-state index contributed by atoms with van der Waals surface area (Å²) in [7, 11) is 0. The number of amides is 2. The third-order valence-electron chi connectivity index (χ3n) is 6.56. The summed E-state index contributed by atoms with van der Waals surface area (Å²) in [4.78, 5) is 26.5. The second kappa shape index (κ2) is 7.26. The Kier molecular flexibility index (Phi) is 5.54. The van der Waals surface area contributed by atoms with Gasteiger partial charge >= 0.3 is 12.2 Å². The van der Waals surface area contributed by atoms with Gasteiger partial charge in [0, 0.05) is 28.5 Å². The molecule has 0 aromatic rings.